The van der Waals surface area contributed by atoms with Crippen molar-refractivity contribution in [2.75, 3.05) is 50.1 Å². The summed E-state index contributed by atoms with van der Waals surface area (Å²) in [6, 6.07) is 10.6. The van der Waals surface area contributed by atoms with Crippen molar-refractivity contribution in [1.82, 2.24) is 15.2 Å². The lowest BCUT2D eigenvalue weighted by Gasteiger charge is -2.40. The van der Waals surface area contributed by atoms with Crippen LogP contribution in [0.3, 0.4) is 0 Å². The van der Waals surface area contributed by atoms with Crippen molar-refractivity contribution in [2.24, 2.45) is 0 Å². The number of nitrogens with one attached hydrogen (secondary N) is 2. The molecule has 0 spiro atoms. The van der Waals surface area contributed by atoms with E-state index < -0.39 is 35.5 Å². The van der Waals surface area contributed by atoms with Gasteiger partial charge in [0.15, 0.2) is 12.2 Å². The van der Waals surface area contributed by atoms with E-state index in [4.69, 9.17) is 9.15 Å². The van der Waals surface area contributed by atoms with Crippen molar-refractivity contribution < 1.29 is 46.2 Å². The van der Waals surface area contributed by atoms with Crippen LogP contribution in [0.5, 0.6) is 5.75 Å². The summed E-state index contributed by atoms with van der Waals surface area (Å²) in [4.78, 5) is 56.1. The Morgan fingerprint density at radius 1 is 0.977 bits per heavy atom. The number of aromatic nitrogens is 1. The van der Waals surface area contributed by atoms with Gasteiger partial charge in [0.25, 0.3) is 0 Å². The lowest BCUT2D eigenvalue weighted by atomic mass is 10.0. The Balaban J connectivity index is 1.25. The summed E-state index contributed by atoms with van der Waals surface area (Å²) in [6.07, 6.45) is -2.44. The lowest BCUT2D eigenvalue weighted by Crippen LogP contribution is -2.57. The van der Waals surface area contributed by atoms with Crippen LogP contribution in [0.2, 0.25) is 0 Å². The van der Waals surface area contributed by atoms with Crippen molar-refractivity contribution in [3.05, 3.63) is 60.6 Å². The number of methoxy groups -OCH3 is 1. The molecule has 2 heterocycles. The Morgan fingerprint density at radius 3 is 2.25 bits per heavy atom. The number of benzene rings is 2. The predicted octanol–water partition coefficient (Wildman–Crippen LogP) is 3.25. The number of piperazine rings is 1. The maximum atomic E-state index is 12.7. The summed E-state index contributed by atoms with van der Waals surface area (Å²) in [7, 11) is 1.47. The molecule has 0 aliphatic carbocycles. The smallest absolute Gasteiger partial charge is 0.491 e. The van der Waals surface area contributed by atoms with Crippen LogP contribution in [0.25, 0.3) is 11.3 Å². The lowest BCUT2D eigenvalue weighted by molar-refractivity contribution is -0.193. The molecule has 4 rings (SSSR count). The van der Waals surface area contributed by atoms with Gasteiger partial charge in [-0.3, -0.25) is 14.5 Å². The van der Waals surface area contributed by atoms with Gasteiger partial charge in [-0.1, -0.05) is 0 Å². The average Bonchev–Trinajstić information content (AvgIpc) is 3.51. The number of nitrogens with zero attached hydrogens (tertiary/aromatic N) is 3. The molecule has 0 atom stereocenters. The van der Waals surface area contributed by atoms with Crippen LogP contribution in [0.1, 0.15) is 24.2 Å². The third kappa shape index (κ3) is 8.12. The van der Waals surface area contributed by atoms with Crippen molar-refractivity contribution in [3.8, 4) is 17.1 Å². The molecular formula is C29H30F3N5O7. The van der Waals surface area contributed by atoms with Crippen LogP contribution in [0.15, 0.2) is 59.5 Å². The van der Waals surface area contributed by atoms with E-state index in [-0.39, 0.29) is 5.56 Å². The van der Waals surface area contributed by atoms with Gasteiger partial charge in [0, 0.05) is 55.7 Å². The Labute approximate surface area is 250 Å². The fraction of sp³-hybridized carbons (Fsp3) is 0.345. The van der Waals surface area contributed by atoms with E-state index in [9.17, 15) is 32.3 Å². The highest BCUT2D eigenvalue weighted by Crippen LogP contribution is 2.32. The highest BCUT2D eigenvalue weighted by atomic mass is 19.4. The van der Waals surface area contributed by atoms with Crippen molar-refractivity contribution in [1.29, 1.82) is 0 Å². The van der Waals surface area contributed by atoms with Gasteiger partial charge in [-0.05, 0) is 50.2 Å². The number of oxazole rings is 1. The number of carbonyl (C=O) groups excluding carboxylic acids is 4. The number of rotatable bonds is 8. The predicted molar refractivity (Wildman–Crippen MR) is 151 cm³/mol. The van der Waals surface area contributed by atoms with E-state index in [1.807, 2.05) is 4.90 Å². The Bertz CT molecular complexity index is 1500. The molecule has 0 unspecified atom stereocenters. The Kier molecular flexibility index (Phi) is 9.57. The fourth-order valence-electron chi connectivity index (χ4n) is 4.65. The second-order valence-electron chi connectivity index (χ2n) is 10.6. The fourth-order valence-corrected chi connectivity index (χ4v) is 4.65. The first kappa shape index (κ1) is 32.0. The molecule has 15 heteroatoms. The minimum Gasteiger partial charge on any atom is -0.496 e. The van der Waals surface area contributed by atoms with Crippen LogP contribution < -0.4 is 20.3 Å². The van der Waals surface area contributed by atoms with Crippen LogP contribution in [-0.4, -0.2) is 85.2 Å². The topological polar surface area (TPSA) is 143 Å². The van der Waals surface area contributed by atoms with Gasteiger partial charge in [-0.25, -0.2) is 14.6 Å². The third-order valence-corrected chi connectivity index (χ3v) is 6.69. The standard InChI is InChI=1S/C29H30F3N5O7/c1-28(2,35-25(39)24(38)34-19-6-9-21(22(14-19)42-3)23-15-33-17-43-23)16-36-10-12-37(13-11-36)20-7-4-18(5-8-20)26(40)44-27(41)29(30,31)32/h4-9,14-15,17H,10-13,16H2,1-3H3,(H,34,38)(H,35,39). The van der Waals surface area contributed by atoms with Crippen molar-refractivity contribution in [2.45, 2.75) is 25.6 Å². The van der Waals surface area contributed by atoms with E-state index in [1.54, 1.807) is 44.2 Å². The zero-order chi connectivity index (χ0) is 32.1. The molecule has 0 radical (unpaired) electrons. The van der Waals surface area contributed by atoms with Gasteiger partial charge in [0.2, 0.25) is 0 Å². The summed E-state index contributed by atoms with van der Waals surface area (Å²) < 4.78 is 51.5. The number of alkyl halides is 3. The van der Waals surface area contributed by atoms with Gasteiger partial charge in [-0.15, -0.1) is 0 Å². The SMILES string of the molecule is COc1cc(NC(=O)C(=O)NC(C)(C)CN2CCN(c3ccc(C(=O)OC(=O)C(F)(F)F)cc3)CC2)ccc1-c1cnco1. The zero-order valence-electron chi connectivity index (χ0n) is 24.1. The van der Waals surface area contributed by atoms with E-state index in [1.165, 1.54) is 31.8 Å². The third-order valence-electron chi connectivity index (χ3n) is 6.69. The minimum absolute atomic E-state index is 0.186. The maximum Gasteiger partial charge on any atom is 0.491 e. The molecule has 0 bridgehead atoms. The summed E-state index contributed by atoms with van der Waals surface area (Å²) in [5.74, 6) is -4.69. The molecule has 2 aromatic carbocycles. The maximum absolute atomic E-state index is 12.7. The van der Waals surface area contributed by atoms with E-state index in [2.05, 4.69) is 25.3 Å². The molecule has 3 aromatic rings. The molecule has 1 saturated heterocycles. The van der Waals surface area contributed by atoms with Crippen LogP contribution in [-0.2, 0) is 19.1 Å². The molecule has 1 aromatic heterocycles. The summed E-state index contributed by atoms with van der Waals surface area (Å²) in [6.45, 7) is 6.48. The number of esters is 2. The first-order valence-electron chi connectivity index (χ1n) is 13.4. The molecule has 1 fully saturated rings. The molecule has 2 amide bonds. The van der Waals surface area contributed by atoms with E-state index >= 15 is 0 Å². The molecule has 0 saturated carbocycles. The number of hydrogen-bond donors (Lipinski definition) is 2. The number of hydrogen-bond acceptors (Lipinski definition) is 10. The normalized spacial score (nSPS) is 14.1. The number of halogens is 3. The van der Waals surface area contributed by atoms with Gasteiger partial charge in [0.05, 0.1) is 24.4 Å². The molecule has 2 N–H and O–H groups in total. The highest BCUT2D eigenvalue weighted by Gasteiger charge is 2.42. The largest absolute Gasteiger partial charge is 0.496 e. The number of anilines is 2. The Morgan fingerprint density at radius 2 is 1.66 bits per heavy atom. The second kappa shape index (κ2) is 13.2. The molecule has 12 nitrogen and oxygen atoms in total. The summed E-state index contributed by atoms with van der Waals surface area (Å²) >= 11 is 0. The van der Waals surface area contributed by atoms with Gasteiger partial charge in [0.1, 0.15) is 5.75 Å². The Hall–Kier alpha value is -4.92. The monoisotopic (exact) mass is 617 g/mol. The van der Waals surface area contributed by atoms with Crippen molar-refractivity contribution >= 4 is 35.1 Å². The number of carbonyl (C=O) groups is 4. The molecule has 44 heavy (non-hydrogen) atoms. The summed E-state index contributed by atoms with van der Waals surface area (Å²) in [5.41, 5.74) is 0.791. The molecular weight excluding hydrogens is 587 g/mol. The van der Waals surface area contributed by atoms with Crippen LogP contribution in [0.4, 0.5) is 24.5 Å². The molecule has 1 aliphatic heterocycles. The molecule has 234 valence electrons. The van der Waals surface area contributed by atoms with Gasteiger partial charge < -0.3 is 29.4 Å². The van der Waals surface area contributed by atoms with Crippen molar-refractivity contribution in [3.63, 3.8) is 0 Å². The first-order chi connectivity index (χ1) is 20.8. The number of ether oxygens (including phenoxy) is 2. The van der Waals surface area contributed by atoms with Crippen LogP contribution >= 0.6 is 0 Å². The number of amides is 2. The average molecular weight is 618 g/mol. The first-order valence-corrected chi connectivity index (χ1v) is 13.4. The van der Waals surface area contributed by atoms with Gasteiger partial charge in [-0.2, -0.15) is 13.2 Å². The second-order valence-corrected chi connectivity index (χ2v) is 10.6. The zero-order valence-corrected chi connectivity index (χ0v) is 24.1. The minimum atomic E-state index is -5.26. The van der Waals surface area contributed by atoms with E-state index in [0.29, 0.717) is 55.5 Å². The highest BCUT2D eigenvalue weighted by molar-refractivity contribution is 6.39. The summed E-state index contributed by atoms with van der Waals surface area (Å²) in [5, 5.41) is 5.34. The quantitative estimate of drug-likeness (QED) is 0.220. The van der Waals surface area contributed by atoms with E-state index in [0.717, 1.165) is 5.69 Å². The van der Waals surface area contributed by atoms with Gasteiger partial charge >= 0.3 is 29.9 Å². The molecule has 1 aliphatic rings. The van der Waals surface area contributed by atoms with Crippen LogP contribution in [0, 0.1) is 0 Å².